The van der Waals surface area contributed by atoms with Crippen LogP contribution in [0.5, 0.6) is 0 Å². The molecule has 0 aromatic carbocycles. The molecule has 98 valence electrons. The van der Waals surface area contributed by atoms with E-state index in [1.165, 1.54) is 12.7 Å². The first-order valence-corrected chi connectivity index (χ1v) is 8.87. The lowest BCUT2D eigenvalue weighted by atomic mass is 9.96. The number of hydrogen-bond acceptors (Lipinski definition) is 4. The summed E-state index contributed by atoms with van der Waals surface area (Å²) in [5.74, 6) is 0. The van der Waals surface area contributed by atoms with Gasteiger partial charge in [0.1, 0.15) is 0 Å². The second-order valence-corrected chi connectivity index (χ2v) is 7.49. The summed E-state index contributed by atoms with van der Waals surface area (Å²) >= 11 is 0. The average Bonchev–Trinajstić information content (AvgIpc) is 1.99. The molecule has 0 bridgehead atoms. The van der Waals surface area contributed by atoms with Gasteiger partial charge in [-0.15, -0.1) is 0 Å². The standard InChI is InChI=1S/C7H15NO2S.CH5NO2S/c1-11(9,10)8-7-5-3-2-4-6-7;1-5(2,3)4/h7-8H,2-6H2,1H3;1H3,(H2,2,3,4). The Balaban J connectivity index is 0.000000385. The van der Waals surface area contributed by atoms with Crippen molar-refractivity contribution in [2.75, 3.05) is 12.5 Å². The van der Waals surface area contributed by atoms with Gasteiger partial charge in [-0.1, -0.05) is 19.3 Å². The molecule has 1 rings (SSSR count). The zero-order valence-electron chi connectivity index (χ0n) is 9.64. The Bertz CT molecular complexity index is 374. The molecule has 0 amide bonds. The van der Waals surface area contributed by atoms with Crippen molar-refractivity contribution in [2.24, 2.45) is 5.14 Å². The third kappa shape index (κ3) is 13.8. The first-order valence-electron chi connectivity index (χ1n) is 5.03. The van der Waals surface area contributed by atoms with Crippen LogP contribution < -0.4 is 9.86 Å². The lowest BCUT2D eigenvalue weighted by molar-refractivity contribution is 0.413. The number of rotatable bonds is 2. The number of nitrogens with one attached hydrogen (secondary N) is 1. The second kappa shape index (κ2) is 6.53. The van der Waals surface area contributed by atoms with Crippen LogP contribution >= 0.6 is 0 Å². The van der Waals surface area contributed by atoms with Crippen LogP contribution in [0, 0.1) is 0 Å². The maximum absolute atomic E-state index is 10.8. The van der Waals surface area contributed by atoms with Gasteiger partial charge in [0.2, 0.25) is 20.0 Å². The first-order chi connectivity index (χ1) is 7.08. The molecular formula is C8H20N2O4S2. The van der Waals surface area contributed by atoms with E-state index in [4.69, 9.17) is 0 Å². The van der Waals surface area contributed by atoms with Crippen molar-refractivity contribution in [1.82, 2.24) is 4.72 Å². The predicted octanol–water partition coefficient (Wildman–Crippen LogP) is -0.227. The fourth-order valence-corrected chi connectivity index (χ4v) is 2.36. The quantitative estimate of drug-likeness (QED) is 0.724. The highest BCUT2D eigenvalue weighted by Gasteiger charge is 2.16. The second-order valence-electron chi connectivity index (χ2n) is 4.05. The summed E-state index contributed by atoms with van der Waals surface area (Å²) in [5, 5.41) is 4.33. The van der Waals surface area contributed by atoms with Crippen LogP contribution in [0.2, 0.25) is 0 Å². The van der Waals surface area contributed by atoms with Crippen LogP contribution in [-0.4, -0.2) is 35.4 Å². The van der Waals surface area contributed by atoms with E-state index >= 15 is 0 Å². The zero-order chi connectivity index (χ0) is 12.8. The molecule has 0 saturated heterocycles. The molecule has 8 heteroatoms. The Labute approximate surface area is 97.7 Å². The molecule has 0 spiro atoms. The third-order valence-corrected chi connectivity index (χ3v) is 2.75. The van der Waals surface area contributed by atoms with Crippen LogP contribution in [0.15, 0.2) is 0 Å². The maximum atomic E-state index is 10.8. The molecule has 0 aromatic heterocycles. The smallest absolute Gasteiger partial charge is 0.208 e. The van der Waals surface area contributed by atoms with E-state index in [9.17, 15) is 16.8 Å². The molecule has 1 aliphatic rings. The molecule has 0 radical (unpaired) electrons. The van der Waals surface area contributed by atoms with E-state index < -0.39 is 20.0 Å². The minimum Gasteiger partial charge on any atom is -0.229 e. The molecule has 0 aliphatic heterocycles. The molecule has 16 heavy (non-hydrogen) atoms. The number of sulfonamides is 2. The largest absolute Gasteiger partial charge is 0.229 e. The fraction of sp³-hybridized carbons (Fsp3) is 1.00. The van der Waals surface area contributed by atoms with Crippen molar-refractivity contribution in [2.45, 2.75) is 38.1 Å². The van der Waals surface area contributed by atoms with Gasteiger partial charge in [0.15, 0.2) is 0 Å². The van der Waals surface area contributed by atoms with Crippen LogP contribution in [0.4, 0.5) is 0 Å². The Morgan fingerprint density at radius 3 is 1.69 bits per heavy atom. The molecule has 1 fully saturated rings. The van der Waals surface area contributed by atoms with Crippen molar-refractivity contribution < 1.29 is 16.8 Å². The van der Waals surface area contributed by atoms with Gasteiger partial charge in [-0.2, -0.15) is 0 Å². The summed E-state index contributed by atoms with van der Waals surface area (Å²) in [6, 6.07) is 0.207. The lowest BCUT2D eigenvalue weighted by Crippen LogP contribution is -2.35. The topological polar surface area (TPSA) is 106 Å². The van der Waals surface area contributed by atoms with Gasteiger partial charge < -0.3 is 0 Å². The summed E-state index contributed by atoms with van der Waals surface area (Å²) < 4.78 is 43.0. The van der Waals surface area contributed by atoms with Gasteiger partial charge in [0.05, 0.1) is 12.5 Å². The van der Waals surface area contributed by atoms with Gasteiger partial charge in [-0.05, 0) is 12.8 Å². The number of hydrogen-bond donors (Lipinski definition) is 2. The SMILES string of the molecule is CS(=O)(=O)NC1CCCCC1.CS(N)(=O)=O. The van der Waals surface area contributed by atoms with Crippen molar-refractivity contribution in [3.63, 3.8) is 0 Å². The Morgan fingerprint density at radius 1 is 1.00 bits per heavy atom. The summed E-state index contributed by atoms with van der Waals surface area (Å²) in [5.41, 5.74) is 0. The van der Waals surface area contributed by atoms with Gasteiger partial charge in [0.25, 0.3) is 0 Å². The van der Waals surface area contributed by atoms with E-state index in [-0.39, 0.29) is 6.04 Å². The summed E-state index contributed by atoms with van der Waals surface area (Å²) in [6.45, 7) is 0. The highest BCUT2D eigenvalue weighted by molar-refractivity contribution is 7.88. The van der Waals surface area contributed by atoms with E-state index in [0.717, 1.165) is 31.9 Å². The molecular weight excluding hydrogens is 252 g/mol. The van der Waals surface area contributed by atoms with Gasteiger partial charge >= 0.3 is 0 Å². The van der Waals surface area contributed by atoms with Crippen molar-refractivity contribution in [1.29, 1.82) is 0 Å². The normalized spacial score (nSPS) is 18.7. The molecule has 1 saturated carbocycles. The molecule has 0 unspecified atom stereocenters. The van der Waals surface area contributed by atoms with Crippen LogP contribution in [0.3, 0.4) is 0 Å². The van der Waals surface area contributed by atoms with Crippen molar-refractivity contribution in [3.05, 3.63) is 0 Å². The average molecular weight is 272 g/mol. The highest BCUT2D eigenvalue weighted by Crippen LogP contribution is 2.17. The van der Waals surface area contributed by atoms with E-state index in [2.05, 4.69) is 9.86 Å². The lowest BCUT2D eigenvalue weighted by Gasteiger charge is -2.21. The van der Waals surface area contributed by atoms with Gasteiger partial charge in [0, 0.05) is 6.04 Å². The first kappa shape index (κ1) is 15.8. The van der Waals surface area contributed by atoms with Crippen molar-refractivity contribution in [3.8, 4) is 0 Å². The Hall–Kier alpha value is -0.180. The molecule has 1 aliphatic carbocycles. The minimum atomic E-state index is -3.17. The molecule has 6 nitrogen and oxygen atoms in total. The van der Waals surface area contributed by atoms with Crippen LogP contribution in [-0.2, 0) is 20.0 Å². The summed E-state index contributed by atoms with van der Waals surface area (Å²) in [7, 11) is -6.14. The van der Waals surface area contributed by atoms with Gasteiger partial charge in [-0.25, -0.2) is 26.7 Å². The molecule has 0 heterocycles. The number of primary sulfonamides is 1. The third-order valence-electron chi connectivity index (χ3n) is 1.99. The molecule has 0 aromatic rings. The molecule has 3 N–H and O–H groups in total. The summed E-state index contributed by atoms with van der Waals surface area (Å²) in [4.78, 5) is 0. The van der Waals surface area contributed by atoms with E-state index in [0.29, 0.717) is 0 Å². The zero-order valence-corrected chi connectivity index (χ0v) is 11.3. The molecule has 0 atom stereocenters. The van der Waals surface area contributed by atoms with E-state index in [1.54, 1.807) is 0 Å². The van der Waals surface area contributed by atoms with Crippen molar-refractivity contribution >= 4 is 20.0 Å². The van der Waals surface area contributed by atoms with Crippen LogP contribution in [0.25, 0.3) is 0 Å². The summed E-state index contributed by atoms with van der Waals surface area (Å²) in [6.07, 6.45) is 7.75. The van der Waals surface area contributed by atoms with Gasteiger partial charge in [-0.3, -0.25) is 0 Å². The fourth-order valence-electron chi connectivity index (χ4n) is 1.52. The number of nitrogens with two attached hydrogens (primary N) is 1. The minimum absolute atomic E-state index is 0.207. The Morgan fingerprint density at radius 2 is 1.38 bits per heavy atom. The monoisotopic (exact) mass is 272 g/mol. The van der Waals surface area contributed by atoms with Crippen LogP contribution in [0.1, 0.15) is 32.1 Å². The Kier molecular flexibility index (Phi) is 6.46. The van der Waals surface area contributed by atoms with E-state index in [1.807, 2.05) is 0 Å². The maximum Gasteiger partial charge on any atom is 0.208 e. The highest BCUT2D eigenvalue weighted by atomic mass is 32.2. The predicted molar refractivity (Wildman–Crippen MR) is 63.9 cm³/mol.